The Bertz CT molecular complexity index is 581. The van der Waals surface area contributed by atoms with Gasteiger partial charge in [-0.3, -0.25) is 4.79 Å². The number of amides is 1. The number of furan rings is 1. The number of nitrogens with one attached hydrogen (secondary N) is 1. The zero-order valence-corrected chi connectivity index (χ0v) is 12.9. The summed E-state index contributed by atoms with van der Waals surface area (Å²) in [6, 6.07) is 11.2. The van der Waals surface area contributed by atoms with Gasteiger partial charge in [0.25, 0.3) is 0 Å². The molecule has 1 amide bonds. The Morgan fingerprint density at radius 3 is 2.81 bits per heavy atom. The molecule has 0 fully saturated rings. The first-order chi connectivity index (χ1) is 10.1. The van der Waals surface area contributed by atoms with Gasteiger partial charge in [0.1, 0.15) is 5.76 Å². The van der Waals surface area contributed by atoms with E-state index < -0.39 is 6.10 Å². The average Bonchev–Trinajstić information content (AvgIpc) is 2.98. The SMILES string of the molecule is CC(Sc1cccc(C(C)O)c1)C(=O)NCc1ccco1. The summed E-state index contributed by atoms with van der Waals surface area (Å²) in [4.78, 5) is 13.0. The molecule has 2 atom stereocenters. The third-order valence-corrected chi connectivity index (χ3v) is 4.13. The summed E-state index contributed by atoms with van der Waals surface area (Å²) in [5.74, 6) is 0.690. The van der Waals surface area contributed by atoms with Crippen molar-refractivity contribution in [2.24, 2.45) is 0 Å². The minimum absolute atomic E-state index is 0.0427. The molecule has 1 aromatic carbocycles. The van der Waals surface area contributed by atoms with Crippen LogP contribution in [0.2, 0.25) is 0 Å². The van der Waals surface area contributed by atoms with Crippen LogP contribution in [0.3, 0.4) is 0 Å². The van der Waals surface area contributed by atoms with Crippen LogP contribution in [0.5, 0.6) is 0 Å². The summed E-state index contributed by atoms with van der Waals surface area (Å²) >= 11 is 1.47. The van der Waals surface area contributed by atoms with Crippen molar-refractivity contribution < 1.29 is 14.3 Å². The van der Waals surface area contributed by atoms with Gasteiger partial charge in [-0.25, -0.2) is 0 Å². The molecule has 2 aromatic rings. The van der Waals surface area contributed by atoms with Gasteiger partial charge in [-0.1, -0.05) is 12.1 Å². The summed E-state index contributed by atoms with van der Waals surface area (Å²) < 4.78 is 5.17. The summed E-state index contributed by atoms with van der Waals surface area (Å²) in [7, 11) is 0. The Hall–Kier alpha value is -1.72. The predicted octanol–water partition coefficient (Wildman–Crippen LogP) is 3.13. The number of carbonyl (C=O) groups is 1. The Balaban J connectivity index is 1.89. The van der Waals surface area contributed by atoms with E-state index in [1.165, 1.54) is 11.8 Å². The second-order valence-corrected chi connectivity index (χ2v) is 6.22. The van der Waals surface area contributed by atoms with Gasteiger partial charge in [0.05, 0.1) is 24.2 Å². The highest BCUT2D eigenvalue weighted by molar-refractivity contribution is 8.00. The van der Waals surface area contributed by atoms with Crippen molar-refractivity contribution >= 4 is 17.7 Å². The van der Waals surface area contributed by atoms with E-state index in [2.05, 4.69) is 5.32 Å². The Kier molecular flexibility index (Phi) is 5.47. The van der Waals surface area contributed by atoms with Gasteiger partial charge in [0.2, 0.25) is 5.91 Å². The van der Waals surface area contributed by atoms with Crippen LogP contribution in [0.1, 0.15) is 31.3 Å². The van der Waals surface area contributed by atoms with Crippen molar-refractivity contribution in [3.63, 3.8) is 0 Å². The molecule has 0 saturated carbocycles. The number of aliphatic hydroxyl groups excluding tert-OH is 1. The molecule has 21 heavy (non-hydrogen) atoms. The maximum atomic E-state index is 12.0. The molecule has 4 nitrogen and oxygen atoms in total. The van der Waals surface area contributed by atoms with E-state index in [-0.39, 0.29) is 11.2 Å². The number of carbonyl (C=O) groups excluding carboxylic acids is 1. The molecule has 2 unspecified atom stereocenters. The number of aliphatic hydroxyl groups is 1. The second-order valence-electron chi connectivity index (χ2n) is 4.81. The molecular formula is C16H19NO3S. The maximum absolute atomic E-state index is 12.0. The monoisotopic (exact) mass is 305 g/mol. The Labute approximate surface area is 128 Å². The molecule has 0 spiro atoms. The van der Waals surface area contributed by atoms with Crippen molar-refractivity contribution in [1.82, 2.24) is 5.32 Å². The lowest BCUT2D eigenvalue weighted by Gasteiger charge is -2.12. The van der Waals surface area contributed by atoms with E-state index in [9.17, 15) is 9.90 Å². The number of rotatable bonds is 6. The summed E-state index contributed by atoms with van der Waals surface area (Å²) in [6.07, 6.45) is 1.08. The maximum Gasteiger partial charge on any atom is 0.233 e. The van der Waals surface area contributed by atoms with Gasteiger partial charge in [-0.05, 0) is 43.7 Å². The molecule has 0 aliphatic rings. The van der Waals surface area contributed by atoms with Gasteiger partial charge in [0, 0.05) is 4.90 Å². The van der Waals surface area contributed by atoms with E-state index in [1.807, 2.05) is 37.3 Å². The lowest BCUT2D eigenvalue weighted by Crippen LogP contribution is -2.30. The molecule has 0 bridgehead atoms. The fourth-order valence-electron chi connectivity index (χ4n) is 1.84. The van der Waals surface area contributed by atoms with Gasteiger partial charge < -0.3 is 14.8 Å². The van der Waals surface area contributed by atoms with Crippen LogP contribution in [0.15, 0.2) is 52.0 Å². The van der Waals surface area contributed by atoms with Crippen LogP contribution in [-0.2, 0) is 11.3 Å². The third kappa shape index (κ3) is 4.65. The molecular weight excluding hydrogens is 286 g/mol. The topological polar surface area (TPSA) is 62.5 Å². The van der Waals surface area contributed by atoms with Crippen molar-refractivity contribution in [2.75, 3.05) is 0 Å². The second kappa shape index (κ2) is 7.33. The number of hydrogen-bond donors (Lipinski definition) is 2. The highest BCUT2D eigenvalue weighted by atomic mass is 32.2. The number of thioether (sulfide) groups is 1. The molecule has 2 rings (SSSR count). The molecule has 0 aliphatic heterocycles. The minimum Gasteiger partial charge on any atom is -0.467 e. The molecule has 0 saturated heterocycles. The predicted molar refractivity (Wildman–Crippen MR) is 82.9 cm³/mol. The van der Waals surface area contributed by atoms with Crippen molar-refractivity contribution in [3.05, 3.63) is 54.0 Å². The van der Waals surface area contributed by atoms with E-state index in [1.54, 1.807) is 19.3 Å². The molecule has 1 heterocycles. The molecule has 2 N–H and O–H groups in total. The normalized spacial score (nSPS) is 13.7. The van der Waals surface area contributed by atoms with Crippen LogP contribution in [-0.4, -0.2) is 16.3 Å². The van der Waals surface area contributed by atoms with Gasteiger partial charge in [-0.2, -0.15) is 0 Å². The number of hydrogen-bond acceptors (Lipinski definition) is 4. The standard InChI is InChI=1S/C16H19NO3S/c1-11(18)13-5-3-7-15(9-13)21-12(2)16(19)17-10-14-6-4-8-20-14/h3-9,11-12,18H,10H2,1-2H3,(H,17,19). The molecule has 0 aliphatic carbocycles. The molecule has 0 radical (unpaired) electrons. The van der Waals surface area contributed by atoms with E-state index in [0.29, 0.717) is 6.54 Å². The van der Waals surface area contributed by atoms with Crippen molar-refractivity contribution in [2.45, 2.75) is 36.6 Å². The quantitative estimate of drug-likeness (QED) is 0.805. The third-order valence-electron chi connectivity index (χ3n) is 3.04. The number of benzene rings is 1. The van der Waals surface area contributed by atoms with E-state index >= 15 is 0 Å². The minimum atomic E-state index is -0.506. The summed E-state index contributed by atoms with van der Waals surface area (Å²) in [6.45, 7) is 3.98. The molecule has 112 valence electrons. The van der Waals surface area contributed by atoms with Crippen molar-refractivity contribution in [1.29, 1.82) is 0 Å². The van der Waals surface area contributed by atoms with Gasteiger partial charge in [0.15, 0.2) is 0 Å². The smallest absolute Gasteiger partial charge is 0.233 e. The fraction of sp³-hybridized carbons (Fsp3) is 0.312. The first kappa shape index (κ1) is 15.7. The Morgan fingerprint density at radius 1 is 1.33 bits per heavy atom. The van der Waals surface area contributed by atoms with Gasteiger partial charge in [-0.15, -0.1) is 11.8 Å². The van der Waals surface area contributed by atoms with Crippen LogP contribution >= 0.6 is 11.8 Å². The van der Waals surface area contributed by atoms with Crippen LogP contribution in [0, 0.1) is 0 Å². The van der Waals surface area contributed by atoms with E-state index in [4.69, 9.17) is 4.42 Å². The highest BCUT2D eigenvalue weighted by Crippen LogP contribution is 2.26. The van der Waals surface area contributed by atoms with Crippen molar-refractivity contribution in [3.8, 4) is 0 Å². The molecule has 5 heteroatoms. The largest absolute Gasteiger partial charge is 0.467 e. The molecule has 1 aromatic heterocycles. The lowest BCUT2D eigenvalue weighted by atomic mass is 10.1. The van der Waals surface area contributed by atoms with Gasteiger partial charge >= 0.3 is 0 Å². The summed E-state index contributed by atoms with van der Waals surface area (Å²) in [5, 5.41) is 12.2. The van der Waals surface area contributed by atoms with Crippen LogP contribution < -0.4 is 5.32 Å². The zero-order valence-electron chi connectivity index (χ0n) is 12.1. The Morgan fingerprint density at radius 2 is 2.14 bits per heavy atom. The summed E-state index contributed by atoms with van der Waals surface area (Å²) in [5.41, 5.74) is 0.850. The fourth-order valence-corrected chi connectivity index (χ4v) is 2.80. The van der Waals surface area contributed by atoms with E-state index in [0.717, 1.165) is 16.2 Å². The first-order valence-corrected chi connectivity index (χ1v) is 7.69. The highest BCUT2D eigenvalue weighted by Gasteiger charge is 2.15. The zero-order chi connectivity index (χ0) is 15.2. The first-order valence-electron chi connectivity index (χ1n) is 6.81. The lowest BCUT2D eigenvalue weighted by molar-refractivity contribution is -0.120. The van der Waals surface area contributed by atoms with Crippen LogP contribution in [0.25, 0.3) is 0 Å². The van der Waals surface area contributed by atoms with Crippen LogP contribution in [0.4, 0.5) is 0 Å². The average molecular weight is 305 g/mol.